The van der Waals surface area contributed by atoms with Crippen molar-refractivity contribution in [3.8, 4) is 5.75 Å². The molecule has 5 nitrogen and oxygen atoms in total. The third-order valence-corrected chi connectivity index (χ3v) is 11.4. The van der Waals surface area contributed by atoms with E-state index in [0.29, 0.717) is 37.0 Å². The molecule has 0 saturated heterocycles. The lowest BCUT2D eigenvalue weighted by atomic mass is 9.58. The van der Waals surface area contributed by atoms with Gasteiger partial charge >= 0.3 is 12.1 Å². The molecule has 0 spiro atoms. The van der Waals surface area contributed by atoms with E-state index in [1.807, 2.05) is 0 Å². The van der Waals surface area contributed by atoms with Crippen molar-refractivity contribution in [2.24, 2.45) is 34.0 Å². The zero-order valence-electron chi connectivity index (χ0n) is 27.5. The summed E-state index contributed by atoms with van der Waals surface area (Å²) in [4.78, 5) is 40.2. The van der Waals surface area contributed by atoms with Gasteiger partial charge in [0.05, 0.1) is 28.1 Å². The molecule has 4 rings (SSSR count). The summed E-state index contributed by atoms with van der Waals surface area (Å²) in [5.74, 6) is -1.83. The number of carboxylic acids is 1. The van der Waals surface area contributed by atoms with Gasteiger partial charge in [-0.25, -0.2) is 0 Å². The molecule has 3 aliphatic carbocycles. The first kappa shape index (κ1) is 36.5. The van der Waals surface area contributed by atoms with E-state index >= 15 is 0 Å². The van der Waals surface area contributed by atoms with E-state index in [4.69, 9.17) is 27.9 Å². The fourth-order valence-electron chi connectivity index (χ4n) is 8.31. The van der Waals surface area contributed by atoms with E-state index in [2.05, 4.69) is 13.8 Å². The normalized spacial score (nSPS) is 26.8. The third kappa shape index (κ3) is 7.69. The second-order valence-electron chi connectivity index (χ2n) is 15.2. The van der Waals surface area contributed by atoms with E-state index in [0.717, 1.165) is 12.8 Å². The molecule has 0 bridgehead atoms. The predicted molar refractivity (Wildman–Crippen MR) is 173 cm³/mol. The van der Waals surface area contributed by atoms with Crippen molar-refractivity contribution in [3.63, 3.8) is 0 Å². The average Bonchev–Trinajstić information content (AvgIpc) is 3.10. The minimum Gasteiger partial charge on any atom is -0.497 e. The zero-order valence-corrected chi connectivity index (χ0v) is 29.0. The second-order valence-corrected chi connectivity index (χ2v) is 16.0. The van der Waals surface area contributed by atoms with Gasteiger partial charge in [0.25, 0.3) is 0 Å². The van der Waals surface area contributed by atoms with E-state index in [1.165, 1.54) is 25.3 Å². The first-order valence-corrected chi connectivity index (χ1v) is 16.8. The van der Waals surface area contributed by atoms with Gasteiger partial charge in [0.15, 0.2) is 11.6 Å². The molecular weight excluding hydrogens is 640 g/mol. The summed E-state index contributed by atoms with van der Waals surface area (Å²) in [6, 6.07) is 2.89. The highest BCUT2D eigenvalue weighted by molar-refractivity contribution is 6.40. The second kappa shape index (κ2) is 13.3. The largest absolute Gasteiger partial charge is 0.497 e. The van der Waals surface area contributed by atoms with Gasteiger partial charge in [0.2, 0.25) is 0 Å². The number of aliphatic carboxylic acids is 1. The molecule has 254 valence electrons. The van der Waals surface area contributed by atoms with Gasteiger partial charge in [-0.1, -0.05) is 55.6 Å². The number of carboxylic acid groups (broad SMARTS) is 1. The van der Waals surface area contributed by atoms with Crippen LogP contribution in [0.3, 0.4) is 0 Å². The minimum atomic E-state index is -4.74. The Morgan fingerprint density at radius 2 is 1.59 bits per heavy atom. The Bertz CT molecular complexity index is 1420. The average molecular weight is 686 g/mol. The fourth-order valence-corrected chi connectivity index (χ4v) is 8.99. The molecule has 2 unspecified atom stereocenters. The lowest BCUT2D eigenvalue weighted by molar-refractivity contribution is -0.150. The van der Waals surface area contributed by atoms with Crippen LogP contribution in [0.15, 0.2) is 34.9 Å². The molecule has 0 aliphatic heterocycles. The van der Waals surface area contributed by atoms with Gasteiger partial charge in [-0.2, -0.15) is 13.2 Å². The lowest BCUT2D eigenvalue weighted by Crippen LogP contribution is -2.40. The summed E-state index contributed by atoms with van der Waals surface area (Å²) in [7, 11) is 1.43. The zero-order chi connectivity index (χ0) is 34.4. The summed E-state index contributed by atoms with van der Waals surface area (Å²) >= 11 is 12.9. The third-order valence-electron chi connectivity index (χ3n) is 10.8. The summed E-state index contributed by atoms with van der Waals surface area (Å²) in [6.45, 7) is 9.31. The topological polar surface area (TPSA) is 80.7 Å². The first-order chi connectivity index (χ1) is 21.2. The van der Waals surface area contributed by atoms with Crippen molar-refractivity contribution < 1.29 is 37.4 Å². The van der Waals surface area contributed by atoms with Crippen LogP contribution >= 0.6 is 23.2 Å². The maximum absolute atomic E-state index is 14.7. The number of hydrogen-bond donors (Lipinski definition) is 1. The van der Waals surface area contributed by atoms with Gasteiger partial charge in [0.1, 0.15) is 5.75 Å². The highest BCUT2D eigenvalue weighted by atomic mass is 35.5. The monoisotopic (exact) mass is 684 g/mol. The Balaban J connectivity index is 1.71. The SMILES string of the molecule is COc1cc(Cl)c(C(=O)CC(C)(CC2CC(C)(C)C2)C(=O)C2=C(C(F)(F)F)CCC(C3CCC(C)(C(=O)O)CC3)C(C)=C2)c(Cl)c1. The van der Waals surface area contributed by atoms with Gasteiger partial charge in [-0.3, -0.25) is 14.4 Å². The number of carbonyl (C=O) groups excluding carboxylic acids is 2. The van der Waals surface area contributed by atoms with Gasteiger partial charge < -0.3 is 9.84 Å². The van der Waals surface area contributed by atoms with Crippen LogP contribution in [-0.2, 0) is 9.59 Å². The van der Waals surface area contributed by atoms with Crippen LogP contribution in [0.2, 0.25) is 10.0 Å². The number of carbonyl (C=O) groups is 3. The van der Waals surface area contributed by atoms with Crippen LogP contribution in [0, 0.1) is 34.0 Å². The van der Waals surface area contributed by atoms with Crippen molar-refractivity contribution >= 4 is 40.7 Å². The van der Waals surface area contributed by atoms with E-state index < -0.39 is 40.1 Å². The van der Waals surface area contributed by atoms with Crippen LogP contribution in [0.5, 0.6) is 5.75 Å². The molecule has 2 atom stereocenters. The molecule has 46 heavy (non-hydrogen) atoms. The fraction of sp³-hybridized carbons (Fsp3) is 0.639. The van der Waals surface area contributed by atoms with E-state index in [-0.39, 0.29) is 70.0 Å². The molecule has 10 heteroatoms. The van der Waals surface area contributed by atoms with Crippen LogP contribution in [-0.4, -0.2) is 35.9 Å². The summed E-state index contributed by atoms with van der Waals surface area (Å²) in [5.41, 5.74) is -2.76. The van der Waals surface area contributed by atoms with Crippen molar-refractivity contribution in [2.45, 2.75) is 105 Å². The van der Waals surface area contributed by atoms with E-state index in [1.54, 1.807) is 20.8 Å². The molecule has 0 radical (unpaired) electrons. The molecule has 2 fully saturated rings. The summed E-state index contributed by atoms with van der Waals surface area (Å²) < 4.78 is 49.4. The minimum absolute atomic E-state index is 0.0143. The number of Topliss-reactive ketones (excluding diaryl/α,β-unsaturated/α-hetero) is 2. The van der Waals surface area contributed by atoms with Crippen LogP contribution in [0.4, 0.5) is 13.2 Å². The number of rotatable bonds is 10. The number of methoxy groups -OCH3 is 1. The lowest BCUT2D eigenvalue weighted by Gasteiger charge is -2.46. The first-order valence-electron chi connectivity index (χ1n) is 16.0. The quantitative estimate of drug-likeness (QED) is 0.248. The molecule has 0 amide bonds. The molecule has 0 aromatic heterocycles. The van der Waals surface area contributed by atoms with Crippen LogP contribution in [0.1, 0.15) is 109 Å². The molecule has 2 saturated carbocycles. The van der Waals surface area contributed by atoms with Crippen molar-refractivity contribution in [1.82, 2.24) is 0 Å². The van der Waals surface area contributed by atoms with Gasteiger partial charge in [-0.15, -0.1) is 0 Å². The number of alkyl halides is 3. The van der Waals surface area contributed by atoms with E-state index in [9.17, 15) is 32.7 Å². The molecule has 0 heterocycles. The highest BCUT2D eigenvalue weighted by Gasteiger charge is 2.48. The Hall–Kier alpha value is -2.32. The number of hydrogen-bond acceptors (Lipinski definition) is 4. The van der Waals surface area contributed by atoms with Gasteiger partial charge in [0, 0.05) is 23.0 Å². The Labute approximate surface area is 279 Å². The maximum atomic E-state index is 14.7. The summed E-state index contributed by atoms with van der Waals surface area (Å²) in [6.07, 6.45) is 0.160. The van der Waals surface area contributed by atoms with Crippen LogP contribution in [0.25, 0.3) is 0 Å². The Morgan fingerprint density at radius 1 is 1.02 bits per heavy atom. The number of ether oxygens (including phenoxy) is 1. The van der Waals surface area contributed by atoms with Crippen LogP contribution < -0.4 is 4.74 Å². The predicted octanol–water partition coefficient (Wildman–Crippen LogP) is 10.5. The van der Waals surface area contributed by atoms with Crippen molar-refractivity contribution in [3.05, 3.63) is 50.5 Å². The molecule has 1 N–H and O–H groups in total. The molecular formula is C36H45Cl2F3O5. The molecule has 1 aromatic rings. The molecule has 1 aromatic carbocycles. The number of halogens is 5. The Morgan fingerprint density at radius 3 is 2.07 bits per heavy atom. The number of ketones is 2. The van der Waals surface area contributed by atoms with Gasteiger partial charge in [-0.05, 0) is 107 Å². The number of benzene rings is 1. The molecule has 3 aliphatic rings. The smallest absolute Gasteiger partial charge is 0.413 e. The highest BCUT2D eigenvalue weighted by Crippen LogP contribution is 2.53. The van der Waals surface area contributed by atoms with Crippen molar-refractivity contribution in [2.75, 3.05) is 7.11 Å². The number of allylic oxidation sites excluding steroid dienone is 4. The Kier molecular flexibility index (Phi) is 10.6. The van der Waals surface area contributed by atoms with Crippen molar-refractivity contribution in [1.29, 1.82) is 0 Å². The summed E-state index contributed by atoms with van der Waals surface area (Å²) in [5, 5.41) is 9.75. The maximum Gasteiger partial charge on any atom is 0.413 e. The standard InChI is InChI=1S/C36H45Cl2F3O5/c1-20-13-25(26(36(39,40)41)8-7-24(20)22-9-11-34(4,12-10-22)32(44)45)31(43)35(5,18-21-16-33(2,3)17-21)19-29(42)30-27(37)14-23(46-6)15-28(30)38/h13-15,21-22,24H,7-12,16-19H2,1-6H3,(H,44,45).